The molecule has 0 unspecified atom stereocenters. The molecule has 4 heteroatoms. The van der Waals surface area contributed by atoms with Crippen LogP contribution in [0.3, 0.4) is 0 Å². The summed E-state index contributed by atoms with van der Waals surface area (Å²) in [5, 5.41) is 0.698. The zero-order valence-electron chi connectivity index (χ0n) is 13.4. The van der Waals surface area contributed by atoms with Crippen LogP contribution in [0.5, 0.6) is 0 Å². The van der Waals surface area contributed by atoms with Gasteiger partial charge in [-0.05, 0) is 35.4 Å². The van der Waals surface area contributed by atoms with Crippen LogP contribution in [0.15, 0.2) is 66.7 Å². The second-order valence-corrected chi connectivity index (χ2v) is 6.01. The van der Waals surface area contributed by atoms with Crippen molar-refractivity contribution in [1.29, 1.82) is 0 Å². The molecule has 0 aliphatic rings. The molecule has 122 valence electrons. The first kappa shape index (κ1) is 16.3. The number of esters is 1. The van der Waals surface area contributed by atoms with E-state index in [0.717, 1.165) is 17.7 Å². The number of hydrogen-bond acceptors (Lipinski definition) is 2. The fraction of sp³-hybridized carbons (Fsp3) is 0.150. The minimum atomic E-state index is -0.330. The molecule has 0 N–H and O–H groups in total. The lowest BCUT2D eigenvalue weighted by Crippen LogP contribution is -2.14. The van der Waals surface area contributed by atoms with E-state index in [1.807, 2.05) is 59.2 Å². The van der Waals surface area contributed by atoms with E-state index < -0.39 is 0 Å². The average molecular weight is 340 g/mol. The van der Waals surface area contributed by atoms with Gasteiger partial charge in [-0.1, -0.05) is 54.1 Å². The van der Waals surface area contributed by atoms with Crippen molar-refractivity contribution < 1.29 is 9.53 Å². The quantitative estimate of drug-likeness (QED) is 0.638. The van der Waals surface area contributed by atoms with Crippen LogP contribution in [0.4, 0.5) is 0 Å². The number of benzene rings is 2. The zero-order valence-corrected chi connectivity index (χ0v) is 14.2. The molecule has 0 fully saturated rings. The lowest BCUT2D eigenvalue weighted by Gasteiger charge is -2.13. The first-order valence-electron chi connectivity index (χ1n) is 7.72. The molecule has 3 aromatic rings. The molecule has 0 radical (unpaired) electrons. The Bertz CT molecular complexity index is 823. The summed E-state index contributed by atoms with van der Waals surface area (Å²) in [7, 11) is 1.40. The summed E-state index contributed by atoms with van der Waals surface area (Å²) in [5.74, 6) is -0.330. The van der Waals surface area contributed by atoms with E-state index in [2.05, 4.69) is 12.1 Å². The van der Waals surface area contributed by atoms with E-state index in [9.17, 15) is 4.79 Å². The number of carbonyl (C=O) groups is 1. The van der Waals surface area contributed by atoms with Crippen LogP contribution in [0.2, 0.25) is 5.02 Å². The number of aromatic nitrogens is 1. The molecule has 2 aromatic carbocycles. The summed E-state index contributed by atoms with van der Waals surface area (Å²) >= 11 is 5.96. The Morgan fingerprint density at radius 1 is 0.958 bits per heavy atom. The minimum absolute atomic E-state index is 0.330. The highest BCUT2D eigenvalue weighted by atomic mass is 35.5. The molecular weight excluding hydrogens is 322 g/mol. The first-order valence-corrected chi connectivity index (χ1v) is 8.10. The predicted molar refractivity (Wildman–Crippen MR) is 95.6 cm³/mol. The second-order valence-electron chi connectivity index (χ2n) is 5.58. The molecule has 0 spiro atoms. The third-order valence-corrected chi connectivity index (χ3v) is 4.20. The van der Waals surface area contributed by atoms with Crippen LogP contribution in [-0.4, -0.2) is 17.6 Å². The van der Waals surface area contributed by atoms with E-state index in [4.69, 9.17) is 16.3 Å². The summed E-state index contributed by atoms with van der Waals surface area (Å²) in [6, 6.07) is 21.6. The van der Waals surface area contributed by atoms with E-state index in [1.54, 1.807) is 0 Å². The Balaban J connectivity index is 1.95. The van der Waals surface area contributed by atoms with Crippen LogP contribution in [0, 0.1) is 0 Å². The van der Waals surface area contributed by atoms with Gasteiger partial charge in [0.15, 0.2) is 0 Å². The fourth-order valence-corrected chi connectivity index (χ4v) is 2.84. The predicted octanol–water partition coefficient (Wildman–Crippen LogP) is 4.57. The van der Waals surface area contributed by atoms with Gasteiger partial charge in [0, 0.05) is 23.7 Å². The Morgan fingerprint density at radius 2 is 1.67 bits per heavy atom. The van der Waals surface area contributed by atoms with Crippen molar-refractivity contribution in [3.8, 4) is 0 Å². The monoisotopic (exact) mass is 339 g/mol. The zero-order chi connectivity index (χ0) is 16.9. The third kappa shape index (κ3) is 3.69. The largest absolute Gasteiger partial charge is 0.464 e. The van der Waals surface area contributed by atoms with Gasteiger partial charge >= 0.3 is 5.97 Å². The van der Waals surface area contributed by atoms with Crippen molar-refractivity contribution in [3.05, 3.63) is 94.3 Å². The maximum Gasteiger partial charge on any atom is 0.354 e. The molecule has 1 heterocycles. The summed E-state index contributed by atoms with van der Waals surface area (Å²) in [5.41, 5.74) is 3.90. The van der Waals surface area contributed by atoms with Crippen LogP contribution in [0.25, 0.3) is 0 Å². The Labute approximate surface area is 146 Å². The molecule has 0 amide bonds. The van der Waals surface area contributed by atoms with Gasteiger partial charge in [-0.25, -0.2) is 4.79 Å². The molecule has 0 saturated heterocycles. The fourth-order valence-electron chi connectivity index (χ4n) is 2.71. The van der Waals surface area contributed by atoms with Crippen LogP contribution in [0.1, 0.15) is 27.3 Å². The average Bonchev–Trinajstić information content (AvgIpc) is 2.99. The molecule has 24 heavy (non-hydrogen) atoms. The molecule has 1 aromatic heterocycles. The van der Waals surface area contributed by atoms with Crippen molar-refractivity contribution in [1.82, 2.24) is 4.57 Å². The molecule has 0 bridgehead atoms. The van der Waals surface area contributed by atoms with Crippen molar-refractivity contribution in [2.45, 2.75) is 13.0 Å². The number of ether oxygens (including phenoxy) is 1. The Kier molecular flexibility index (Phi) is 5.02. The van der Waals surface area contributed by atoms with E-state index in [1.165, 1.54) is 12.7 Å². The smallest absolute Gasteiger partial charge is 0.354 e. The van der Waals surface area contributed by atoms with Gasteiger partial charge in [-0.2, -0.15) is 0 Å². The summed E-state index contributed by atoms with van der Waals surface area (Å²) < 4.78 is 6.92. The highest BCUT2D eigenvalue weighted by Crippen LogP contribution is 2.18. The lowest BCUT2D eigenvalue weighted by atomic mass is 10.1. The standard InChI is InChI=1S/C20H18ClNO2/c1-24-20(23)19-12-11-18(13-15-5-3-2-4-6-15)22(19)14-16-7-9-17(21)10-8-16/h2-12H,13-14H2,1H3. The summed E-state index contributed by atoms with van der Waals surface area (Å²) in [6.45, 7) is 0.594. The van der Waals surface area contributed by atoms with Crippen LogP contribution < -0.4 is 0 Å². The maximum absolute atomic E-state index is 12.1. The number of carbonyl (C=O) groups excluding carboxylic acids is 1. The number of nitrogens with zero attached hydrogens (tertiary/aromatic N) is 1. The van der Waals surface area contributed by atoms with Gasteiger partial charge in [0.05, 0.1) is 7.11 Å². The molecule has 0 atom stereocenters. The number of halogens is 1. The van der Waals surface area contributed by atoms with E-state index >= 15 is 0 Å². The molecule has 0 aliphatic carbocycles. The molecule has 0 aliphatic heterocycles. The van der Waals surface area contributed by atoms with Gasteiger partial charge in [-0.3, -0.25) is 0 Å². The first-order chi connectivity index (χ1) is 11.7. The molecule has 3 nitrogen and oxygen atoms in total. The normalized spacial score (nSPS) is 10.6. The summed E-state index contributed by atoms with van der Waals surface area (Å²) in [4.78, 5) is 12.1. The SMILES string of the molecule is COC(=O)c1ccc(Cc2ccccc2)n1Cc1ccc(Cl)cc1. The Hall–Kier alpha value is -2.52. The van der Waals surface area contributed by atoms with Crippen LogP contribution in [-0.2, 0) is 17.7 Å². The molecular formula is C20H18ClNO2. The molecule has 0 saturated carbocycles. The second kappa shape index (κ2) is 7.37. The highest BCUT2D eigenvalue weighted by Gasteiger charge is 2.16. The van der Waals surface area contributed by atoms with E-state index in [-0.39, 0.29) is 5.97 Å². The number of methoxy groups -OCH3 is 1. The van der Waals surface area contributed by atoms with E-state index in [0.29, 0.717) is 17.3 Å². The van der Waals surface area contributed by atoms with Crippen LogP contribution >= 0.6 is 11.6 Å². The lowest BCUT2D eigenvalue weighted by molar-refractivity contribution is 0.0588. The highest BCUT2D eigenvalue weighted by molar-refractivity contribution is 6.30. The van der Waals surface area contributed by atoms with Crippen molar-refractivity contribution in [3.63, 3.8) is 0 Å². The summed E-state index contributed by atoms with van der Waals surface area (Å²) in [6.07, 6.45) is 0.755. The molecule has 3 rings (SSSR count). The van der Waals surface area contributed by atoms with Gasteiger partial charge in [0.2, 0.25) is 0 Å². The number of rotatable bonds is 5. The van der Waals surface area contributed by atoms with Crippen molar-refractivity contribution in [2.75, 3.05) is 7.11 Å². The van der Waals surface area contributed by atoms with Crippen molar-refractivity contribution >= 4 is 17.6 Å². The van der Waals surface area contributed by atoms with Gasteiger partial charge in [-0.15, -0.1) is 0 Å². The van der Waals surface area contributed by atoms with Gasteiger partial charge in [0.25, 0.3) is 0 Å². The minimum Gasteiger partial charge on any atom is -0.464 e. The van der Waals surface area contributed by atoms with Gasteiger partial charge < -0.3 is 9.30 Å². The Morgan fingerprint density at radius 3 is 2.33 bits per heavy atom. The topological polar surface area (TPSA) is 31.2 Å². The van der Waals surface area contributed by atoms with Crippen molar-refractivity contribution in [2.24, 2.45) is 0 Å². The third-order valence-electron chi connectivity index (χ3n) is 3.95. The van der Waals surface area contributed by atoms with Gasteiger partial charge in [0.1, 0.15) is 5.69 Å². The maximum atomic E-state index is 12.1. The number of hydrogen-bond donors (Lipinski definition) is 0.